The Kier molecular flexibility index (Phi) is 3.98. The van der Waals surface area contributed by atoms with E-state index in [0.717, 1.165) is 56.3 Å². The number of aliphatic imine (C=N–C) groups is 1. The second-order valence-electron chi connectivity index (χ2n) is 9.53. The summed E-state index contributed by atoms with van der Waals surface area (Å²) in [7, 11) is 0. The van der Waals surface area contributed by atoms with Crippen LogP contribution in [0.3, 0.4) is 0 Å². The van der Waals surface area contributed by atoms with Gasteiger partial charge >= 0.3 is 0 Å². The Bertz CT molecular complexity index is 1440. The van der Waals surface area contributed by atoms with Gasteiger partial charge in [0, 0.05) is 11.0 Å². The van der Waals surface area contributed by atoms with Crippen molar-refractivity contribution in [1.29, 1.82) is 0 Å². The van der Waals surface area contributed by atoms with Crippen molar-refractivity contribution in [2.24, 2.45) is 4.99 Å². The van der Waals surface area contributed by atoms with Gasteiger partial charge in [-0.25, -0.2) is 9.98 Å². The Morgan fingerprint density at radius 1 is 0.735 bits per heavy atom. The maximum Gasteiger partial charge on any atom is 0.260 e. The molecule has 0 unspecified atom stereocenters. The first kappa shape index (κ1) is 19.4. The summed E-state index contributed by atoms with van der Waals surface area (Å²) in [5, 5.41) is 0. The van der Waals surface area contributed by atoms with Gasteiger partial charge in [0.2, 0.25) is 5.90 Å². The fourth-order valence-electron chi connectivity index (χ4n) is 4.97. The van der Waals surface area contributed by atoms with E-state index in [1.807, 2.05) is 42.5 Å². The van der Waals surface area contributed by atoms with Gasteiger partial charge in [-0.2, -0.15) is 0 Å². The molecule has 3 aromatic carbocycles. The van der Waals surface area contributed by atoms with Crippen LogP contribution in [0.25, 0.3) is 11.3 Å². The van der Waals surface area contributed by atoms with E-state index in [4.69, 9.17) is 19.2 Å². The Morgan fingerprint density at radius 3 is 1.97 bits per heavy atom. The van der Waals surface area contributed by atoms with Crippen LogP contribution in [0.15, 0.2) is 83.9 Å². The molecule has 4 heterocycles. The van der Waals surface area contributed by atoms with E-state index in [1.54, 1.807) is 0 Å². The van der Waals surface area contributed by atoms with E-state index in [2.05, 4.69) is 55.2 Å². The predicted molar refractivity (Wildman–Crippen MR) is 134 cm³/mol. The van der Waals surface area contributed by atoms with Gasteiger partial charge in [0.15, 0.2) is 0 Å². The molecule has 0 saturated heterocycles. The van der Waals surface area contributed by atoms with Crippen LogP contribution in [0.5, 0.6) is 23.0 Å². The smallest absolute Gasteiger partial charge is 0.260 e. The monoisotopic (exact) mass is 444 g/mol. The summed E-state index contributed by atoms with van der Waals surface area (Å²) in [4.78, 5) is 9.55. The van der Waals surface area contributed by atoms with Gasteiger partial charge in [0.1, 0.15) is 35.3 Å². The third kappa shape index (κ3) is 2.95. The Hall–Kier alpha value is -4.06. The molecule has 4 aromatic rings. The lowest BCUT2D eigenvalue weighted by molar-refractivity contribution is 0.279. The molecule has 0 fully saturated rings. The first-order chi connectivity index (χ1) is 16.6. The molecule has 6 heteroatoms. The van der Waals surface area contributed by atoms with Crippen molar-refractivity contribution in [2.45, 2.75) is 19.4 Å². The van der Waals surface area contributed by atoms with Gasteiger partial charge in [0.05, 0.1) is 11.2 Å². The number of fused-ring (bicyclic) bond motifs is 4. The molecular formula is C28H21BN2O3. The number of rotatable bonds is 2. The summed E-state index contributed by atoms with van der Waals surface area (Å²) >= 11 is 0. The highest BCUT2D eigenvalue weighted by molar-refractivity contribution is 6.98. The Labute approximate surface area is 198 Å². The molecule has 0 N–H and O–H groups in total. The van der Waals surface area contributed by atoms with E-state index in [1.165, 1.54) is 0 Å². The van der Waals surface area contributed by atoms with Crippen LogP contribution in [0, 0.1) is 0 Å². The largest absolute Gasteiger partial charge is 0.474 e. The zero-order chi connectivity index (χ0) is 22.9. The molecule has 164 valence electrons. The molecule has 0 spiro atoms. The summed E-state index contributed by atoms with van der Waals surface area (Å²) in [5.41, 5.74) is 5.59. The lowest BCUT2D eigenvalue weighted by atomic mass is 9.35. The van der Waals surface area contributed by atoms with Crippen LogP contribution < -0.4 is 25.9 Å². The summed E-state index contributed by atoms with van der Waals surface area (Å²) in [5.74, 6) is 3.93. The normalized spacial score (nSPS) is 16.3. The number of benzene rings is 3. The third-order valence-electron chi connectivity index (χ3n) is 6.52. The van der Waals surface area contributed by atoms with Gasteiger partial charge in [-0.3, -0.25) is 0 Å². The van der Waals surface area contributed by atoms with E-state index < -0.39 is 0 Å². The third-order valence-corrected chi connectivity index (χ3v) is 6.52. The van der Waals surface area contributed by atoms with Crippen LogP contribution in [-0.4, -0.2) is 29.7 Å². The fraction of sp³-hybridized carbons (Fsp3) is 0.143. The molecule has 0 atom stereocenters. The van der Waals surface area contributed by atoms with Crippen molar-refractivity contribution < 1.29 is 14.2 Å². The van der Waals surface area contributed by atoms with E-state index >= 15 is 0 Å². The SMILES string of the molecule is CC1(C)COC(c2cccc(-c3cc4c5c(c3)Oc3ccccc3B5c3ccccc3O4)n2)=N1. The lowest BCUT2D eigenvalue weighted by Crippen LogP contribution is -2.57. The van der Waals surface area contributed by atoms with E-state index in [9.17, 15) is 0 Å². The zero-order valence-corrected chi connectivity index (χ0v) is 18.9. The first-order valence-corrected chi connectivity index (χ1v) is 11.5. The van der Waals surface area contributed by atoms with Gasteiger partial charge < -0.3 is 14.2 Å². The molecule has 3 aliphatic heterocycles. The molecule has 7 rings (SSSR count). The number of nitrogens with zero attached hydrogens (tertiary/aromatic N) is 2. The number of hydrogen-bond acceptors (Lipinski definition) is 5. The highest BCUT2D eigenvalue weighted by Crippen LogP contribution is 2.37. The second kappa shape index (κ2) is 6.97. The quantitative estimate of drug-likeness (QED) is 0.379. The van der Waals surface area contributed by atoms with Crippen molar-refractivity contribution in [3.63, 3.8) is 0 Å². The number of aromatic nitrogens is 1. The summed E-state index contributed by atoms with van der Waals surface area (Å²) in [6, 6.07) is 26.5. The number of pyridine rings is 1. The minimum atomic E-state index is -0.236. The summed E-state index contributed by atoms with van der Waals surface area (Å²) in [6.45, 7) is 4.73. The van der Waals surface area contributed by atoms with Crippen LogP contribution in [0.4, 0.5) is 0 Å². The van der Waals surface area contributed by atoms with Crippen molar-refractivity contribution in [3.05, 3.63) is 84.6 Å². The predicted octanol–water partition coefficient (Wildman–Crippen LogP) is 4.03. The highest BCUT2D eigenvalue weighted by Gasteiger charge is 2.40. The minimum absolute atomic E-state index is 0.0664. The van der Waals surface area contributed by atoms with Crippen molar-refractivity contribution >= 4 is 29.0 Å². The fourth-order valence-corrected chi connectivity index (χ4v) is 4.97. The van der Waals surface area contributed by atoms with Gasteiger partial charge in [-0.15, -0.1) is 0 Å². The van der Waals surface area contributed by atoms with Crippen LogP contribution in [-0.2, 0) is 4.74 Å². The van der Waals surface area contributed by atoms with Crippen molar-refractivity contribution in [3.8, 4) is 34.3 Å². The average molecular weight is 444 g/mol. The lowest BCUT2D eigenvalue weighted by Gasteiger charge is -2.33. The number of ether oxygens (including phenoxy) is 3. The first-order valence-electron chi connectivity index (χ1n) is 11.5. The Balaban J connectivity index is 1.38. The summed E-state index contributed by atoms with van der Waals surface area (Å²) in [6.07, 6.45) is 0. The molecule has 0 amide bonds. The molecule has 0 radical (unpaired) electrons. The maximum atomic E-state index is 6.40. The summed E-state index contributed by atoms with van der Waals surface area (Å²) < 4.78 is 18.6. The van der Waals surface area contributed by atoms with Crippen LogP contribution in [0.2, 0.25) is 0 Å². The number of para-hydroxylation sites is 2. The molecule has 5 nitrogen and oxygen atoms in total. The van der Waals surface area contributed by atoms with Gasteiger partial charge in [-0.1, -0.05) is 42.5 Å². The Morgan fingerprint density at radius 2 is 1.35 bits per heavy atom. The molecule has 3 aliphatic rings. The average Bonchev–Trinajstić information content (AvgIpc) is 3.23. The zero-order valence-electron chi connectivity index (χ0n) is 18.9. The molecule has 0 aliphatic carbocycles. The molecule has 1 aromatic heterocycles. The molecule has 0 saturated carbocycles. The van der Waals surface area contributed by atoms with E-state index in [-0.39, 0.29) is 12.3 Å². The number of hydrogen-bond donors (Lipinski definition) is 0. The van der Waals surface area contributed by atoms with Crippen molar-refractivity contribution in [2.75, 3.05) is 6.61 Å². The van der Waals surface area contributed by atoms with Gasteiger partial charge in [-0.05, 0) is 61.2 Å². The molecule has 0 bridgehead atoms. The van der Waals surface area contributed by atoms with Crippen LogP contribution >= 0.6 is 0 Å². The van der Waals surface area contributed by atoms with Crippen molar-refractivity contribution in [1.82, 2.24) is 4.98 Å². The molecule has 34 heavy (non-hydrogen) atoms. The standard InChI is InChI=1S/C28H21BN2O3/c1-28(2)16-32-27(31-28)21-11-7-10-20(30-21)17-14-24-26-25(15-17)34-23-13-6-4-9-19(23)29(26)18-8-3-5-12-22(18)33-24/h3-15H,16H2,1-2H3. The van der Waals surface area contributed by atoms with Crippen LogP contribution in [0.1, 0.15) is 19.5 Å². The maximum absolute atomic E-state index is 6.40. The van der Waals surface area contributed by atoms with Gasteiger partial charge in [0.25, 0.3) is 6.71 Å². The highest BCUT2D eigenvalue weighted by atomic mass is 16.5. The molecular weight excluding hydrogens is 423 g/mol. The topological polar surface area (TPSA) is 52.9 Å². The second-order valence-corrected chi connectivity index (χ2v) is 9.53. The van der Waals surface area contributed by atoms with E-state index in [0.29, 0.717) is 12.5 Å². The minimum Gasteiger partial charge on any atom is -0.474 e.